The lowest BCUT2D eigenvalue weighted by Crippen LogP contribution is -2.51. The number of piperidine rings is 1. The van der Waals surface area contributed by atoms with E-state index in [-0.39, 0.29) is 5.91 Å². The van der Waals surface area contributed by atoms with Crippen LogP contribution in [0.15, 0.2) is 35.7 Å². The van der Waals surface area contributed by atoms with Crippen LogP contribution in [-0.2, 0) is 14.8 Å². The molecule has 2 fully saturated rings. The summed E-state index contributed by atoms with van der Waals surface area (Å²) in [5.41, 5.74) is 0.862. The van der Waals surface area contributed by atoms with Crippen LogP contribution >= 0.6 is 0 Å². The van der Waals surface area contributed by atoms with Gasteiger partial charge in [-0.15, -0.1) is 0 Å². The van der Waals surface area contributed by atoms with E-state index in [1.54, 1.807) is 6.08 Å². The van der Waals surface area contributed by atoms with Crippen molar-refractivity contribution in [1.82, 2.24) is 14.1 Å². The van der Waals surface area contributed by atoms with Crippen molar-refractivity contribution in [3.05, 3.63) is 41.3 Å². The monoisotopic (exact) mass is 391 g/mol. The molecule has 148 valence electrons. The first kappa shape index (κ1) is 20.0. The highest BCUT2D eigenvalue weighted by Gasteiger charge is 2.27. The minimum atomic E-state index is -3.43. The van der Waals surface area contributed by atoms with Crippen LogP contribution in [0.25, 0.3) is 6.08 Å². The molecule has 0 atom stereocenters. The van der Waals surface area contributed by atoms with Gasteiger partial charge in [0.1, 0.15) is 0 Å². The second-order valence-corrected chi connectivity index (χ2v) is 9.32. The summed E-state index contributed by atoms with van der Waals surface area (Å²) in [6, 6.07) is 9.40. The minimum absolute atomic E-state index is 0.169. The lowest BCUT2D eigenvalue weighted by atomic mass is 9.99. The van der Waals surface area contributed by atoms with E-state index in [1.165, 1.54) is 9.71 Å². The Morgan fingerprint density at radius 2 is 1.67 bits per heavy atom. The normalized spacial score (nSPS) is 21.0. The third-order valence-corrected chi connectivity index (χ3v) is 6.98. The molecule has 0 radical (unpaired) electrons. The maximum absolute atomic E-state index is 12.5. The van der Waals surface area contributed by atoms with Gasteiger partial charge in [0.25, 0.3) is 0 Å². The topological polar surface area (TPSA) is 60.9 Å². The Morgan fingerprint density at radius 3 is 2.30 bits per heavy atom. The summed E-state index contributed by atoms with van der Waals surface area (Å²) in [7, 11) is -3.43. The maximum Gasteiger partial charge on any atom is 0.236 e. The van der Waals surface area contributed by atoms with Gasteiger partial charge in [0.15, 0.2) is 0 Å². The average Bonchev–Trinajstić information content (AvgIpc) is 2.68. The number of rotatable bonds is 5. The molecule has 6 nitrogen and oxygen atoms in total. The first-order valence-corrected chi connectivity index (χ1v) is 11.2. The Kier molecular flexibility index (Phi) is 6.68. The molecule has 1 amide bonds. The van der Waals surface area contributed by atoms with E-state index < -0.39 is 10.0 Å². The fourth-order valence-electron chi connectivity index (χ4n) is 3.51. The molecule has 0 saturated carbocycles. The van der Waals surface area contributed by atoms with Gasteiger partial charge in [-0.1, -0.05) is 37.3 Å². The molecule has 0 N–H and O–H groups in total. The van der Waals surface area contributed by atoms with Crippen molar-refractivity contribution in [3.63, 3.8) is 0 Å². The van der Waals surface area contributed by atoms with Crippen molar-refractivity contribution in [2.45, 2.75) is 19.8 Å². The van der Waals surface area contributed by atoms with Crippen LogP contribution in [-0.4, -0.2) is 74.2 Å². The summed E-state index contributed by atoms with van der Waals surface area (Å²) < 4.78 is 26.5. The number of nitrogens with zero attached hydrogens (tertiary/aromatic N) is 3. The number of carbonyl (C=O) groups excluding carboxylic acids is 1. The molecule has 3 rings (SSSR count). The van der Waals surface area contributed by atoms with E-state index in [9.17, 15) is 13.2 Å². The molecule has 2 aliphatic heterocycles. The van der Waals surface area contributed by atoms with Crippen LogP contribution < -0.4 is 0 Å². The number of carbonyl (C=O) groups is 1. The molecule has 0 aliphatic carbocycles. The molecule has 1 aromatic rings. The van der Waals surface area contributed by atoms with E-state index in [4.69, 9.17) is 0 Å². The zero-order chi connectivity index (χ0) is 19.3. The zero-order valence-corrected chi connectivity index (χ0v) is 16.8. The van der Waals surface area contributed by atoms with Crippen LogP contribution in [0.3, 0.4) is 0 Å². The molecule has 0 aromatic heterocycles. The number of hydrogen-bond acceptors (Lipinski definition) is 4. The molecule has 7 heteroatoms. The predicted molar refractivity (Wildman–Crippen MR) is 107 cm³/mol. The Labute approximate surface area is 162 Å². The highest BCUT2D eigenvalue weighted by Crippen LogP contribution is 2.17. The predicted octanol–water partition coefficient (Wildman–Crippen LogP) is 1.86. The number of likely N-dealkylation sites (tertiary alicyclic amines) is 1. The molecule has 2 saturated heterocycles. The summed E-state index contributed by atoms with van der Waals surface area (Å²) in [6.45, 7) is 6.34. The van der Waals surface area contributed by atoms with Gasteiger partial charge in [-0.25, -0.2) is 8.42 Å². The number of sulfonamides is 1. The highest BCUT2D eigenvalue weighted by atomic mass is 32.2. The number of benzene rings is 1. The molecular formula is C20H29N3O3S. The van der Waals surface area contributed by atoms with Crippen molar-refractivity contribution in [2.75, 3.05) is 45.8 Å². The third-order valence-electron chi connectivity index (χ3n) is 5.42. The van der Waals surface area contributed by atoms with Crippen LogP contribution in [0.5, 0.6) is 0 Å². The molecule has 0 bridgehead atoms. The van der Waals surface area contributed by atoms with Crippen molar-refractivity contribution in [2.24, 2.45) is 5.92 Å². The van der Waals surface area contributed by atoms with Gasteiger partial charge in [0, 0.05) is 44.7 Å². The highest BCUT2D eigenvalue weighted by molar-refractivity contribution is 7.92. The summed E-state index contributed by atoms with van der Waals surface area (Å²) >= 11 is 0. The van der Waals surface area contributed by atoms with E-state index in [1.807, 2.05) is 35.2 Å². The van der Waals surface area contributed by atoms with Crippen LogP contribution in [0.2, 0.25) is 0 Å². The minimum Gasteiger partial charge on any atom is -0.342 e. The molecule has 2 heterocycles. The van der Waals surface area contributed by atoms with Gasteiger partial charge in [-0.3, -0.25) is 9.69 Å². The molecule has 1 aromatic carbocycles. The van der Waals surface area contributed by atoms with E-state index in [0.717, 1.165) is 31.5 Å². The molecular weight excluding hydrogens is 362 g/mol. The van der Waals surface area contributed by atoms with Gasteiger partial charge in [0.05, 0.1) is 6.54 Å². The Morgan fingerprint density at radius 1 is 1.04 bits per heavy atom. The van der Waals surface area contributed by atoms with Crippen molar-refractivity contribution in [3.8, 4) is 0 Å². The number of piperazine rings is 1. The summed E-state index contributed by atoms with van der Waals surface area (Å²) in [5, 5.41) is 1.28. The first-order chi connectivity index (χ1) is 12.9. The van der Waals surface area contributed by atoms with Gasteiger partial charge in [-0.05, 0) is 30.4 Å². The van der Waals surface area contributed by atoms with Gasteiger partial charge in [-0.2, -0.15) is 4.31 Å². The molecule has 27 heavy (non-hydrogen) atoms. The van der Waals surface area contributed by atoms with Gasteiger partial charge >= 0.3 is 0 Å². The Bertz CT molecular complexity index is 748. The smallest absolute Gasteiger partial charge is 0.236 e. The summed E-state index contributed by atoms with van der Waals surface area (Å²) in [5.74, 6) is 0.869. The van der Waals surface area contributed by atoms with Crippen molar-refractivity contribution >= 4 is 22.0 Å². The summed E-state index contributed by atoms with van der Waals surface area (Å²) in [6.07, 6.45) is 3.78. The zero-order valence-electron chi connectivity index (χ0n) is 16.0. The second-order valence-electron chi connectivity index (χ2n) is 7.50. The van der Waals surface area contributed by atoms with Crippen LogP contribution in [0.4, 0.5) is 0 Å². The van der Waals surface area contributed by atoms with E-state index >= 15 is 0 Å². The van der Waals surface area contributed by atoms with Crippen molar-refractivity contribution in [1.29, 1.82) is 0 Å². The van der Waals surface area contributed by atoms with Crippen LogP contribution in [0, 0.1) is 5.92 Å². The number of amides is 1. The second kappa shape index (κ2) is 8.99. The summed E-state index contributed by atoms with van der Waals surface area (Å²) in [4.78, 5) is 16.5. The SMILES string of the molecule is CC1CCN(C(=O)CN2CCN(S(=O)(=O)/C=C/c3ccccc3)CC2)CC1. The van der Waals surface area contributed by atoms with E-state index in [0.29, 0.717) is 38.6 Å². The average molecular weight is 392 g/mol. The molecule has 0 spiro atoms. The molecule has 2 aliphatic rings. The molecule has 0 unspecified atom stereocenters. The standard InChI is InChI=1S/C20H29N3O3S/c1-18-7-10-22(11-8-18)20(24)17-21-12-14-23(15-13-21)27(25,26)16-9-19-5-3-2-4-6-19/h2-6,9,16,18H,7-8,10-15,17H2,1H3/b16-9+. The first-order valence-electron chi connectivity index (χ1n) is 9.67. The van der Waals surface area contributed by atoms with Gasteiger partial charge in [0.2, 0.25) is 15.9 Å². The van der Waals surface area contributed by atoms with Gasteiger partial charge < -0.3 is 4.90 Å². The fraction of sp³-hybridized carbons (Fsp3) is 0.550. The largest absolute Gasteiger partial charge is 0.342 e. The maximum atomic E-state index is 12.5. The third kappa shape index (κ3) is 5.64. The lowest BCUT2D eigenvalue weighted by Gasteiger charge is -2.35. The van der Waals surface area contributed by atoms with E-state index in [2.05, 4.69) is 11.8 Å². The quantitative estimate of drug-likeness (QED) is 0.769. The number of hydrogen-bond donors (Lipinski definition) is 0. The Hall–Kier alpha value is -1.70. The van der Waals surface area contributed by atoms with Crippen LogP contribution in [0.1, 0.15) is 25.3 Å². The van der Waals surface area contributed by atoms with Crippen molar-refractivity contribution < 1.29 is 13.2 Å². The Balaban J connectivity index is 1.48. The lowest BCUT2D eigenvalue weighted by molar-refractivity contribution is -0.134. The fourth-order valence-corrected chi connectivity index (χ4v) is 4.68.